The predicted octanol–water partition coefficient (Wildman–Crippen LogP) is 3.16. The van der Waals surface area contributed by atoms with Crippen LogP contribution >= 0.6 is 0 Å². The first-order valence-electron chi connectivity index (χ1n) is 11.4. The zero-order chi connectivity index (χ0) is 22.2. The van der Waals surface area contributed by atoms with Gasteiger partial charge >= 0.3 is 0 Å². The zero-order valence-electron chi connectivity index (χ0n) is 19.0. The lowest BCUT2D eigenvalue weighted by molar-refractivity contribution is -0.130. The summed E-state index contributed by atoms with van der Waals surface area (Å²) in [4.78, 5) is 25.9. The van der Waals surface area contributed by atoms with E-state index in [0.717, 1.165) is 38.9 Å². The fourth-order valence-electron chi connectivity index (χ4n) is 3.89. The number of benzene rings is 1. The first-order valence-corrected chi connectivity index (χ1v) is 11.4. The molecule has 2 saturated heterocycles. The molecule has 1 aromatic carbocycles. The molecule has 0 aromatic heterocycles. The Kier molecular flexibility index (Phi) is 13.0. The lowest BCUT2D eigenvalue weighted by Crippen LogP contribution is -2.29. The van der Waals surface area contributed by atoms with Gasteiger partial charge in [-0.05, 0) is 65.3 Å². The number of nitrogens with zero attached hydrogens (tertiary/aromatic N) is 2. The third-order valence-electron chi connectivity index (χ3n) is 5.78. The van der Waals surface area contributed by atoms with Gasteiger partial charge in [0.05, 0.1) is 0 Å². The van der Waals surface area contributed by atoms with Crippen molar-refractivity contribution in [3.05, 3.63) is 36.4 Å². The summed E-state index contributed by atoms with van der Waals surface area (Å²) in [7, 11) is 1.50. The molecule has 1 unspecified atom stereocenters. The van der Waals surface area contributed by atoms with E-state index in [9.17, 15) is 9.59 Å². The van der Waals surface area contributed by atoms with Gasteiger partial charge in [-0.25, -0.2) is 0 Å². The maximum atomic E-state index is 11.5. The highest BCUT2D eigenvalue weighted by Gasteiger charge is 2.50. The van der Waals surface area contributed by atoms with Crippen LogP contribution in [-0.4, -0.2) is 60.4 Å². The average Bonchev–Trinajstić information content (AvgIpc) is 3.18. The van der Waals surface area contributed by atoms with Gasteiger partial charge in [-0.3, -0.25) is 9.59 Å². The van der Waals surface area contributed by atoms with Gasteiger partial charge in [0.15, 0.2) is 0 Å². The number of carbonyl (C=O) groups excluding carboxylic acids is 2. The molecule has 0 radical (unpaired) electrons. The van der Waals surface area contributed by atoms with Crippen molar-refractivity contribution in [3.8, 4) is 0 Å². The van der Waals surface area contributed by atoms with Crippen LogP contribution in [0.3, 0.4) is 0 Å². The number of carbonyl (C=O) groups is 2. The molecule has 1 spiro atoms. The van der Waals surface area contributed by atoms with E-state index in [2.05, 4.69) is 5.73 Å². The first kappa shape index (κ1) is 26.1. The van der Waals surface area contributed by atoms with Gasteiger partial charge in [0, 0.05) is 37.6 Å². The molecule has 6 heteroatoms. The van der Waals surface area contributed by atoms with Crippen molar-refractivity contribution in [2.45, 2.75) is 76.3 Å². The van der Waals surface area contributed by atoms with E-state index in [0.29, 0.717) is 17.9 Å². The molecule has 6 nitrogen and oxygen atoms in total. The van der Waals surface area contributed by atoms with E-state index < -0.39 is 0 Å². The van der Waals surface area contributed by atoms with Crippen molar-refractivity contribution < 1.29 is 9.59 Å². The fraction of sp³-hybridized carbons (Fsp3) is 0.667. The summed E-state index contributed by atoms with van der Waals surface area (Å²) in [5.41, 5.74) is 10.5. The summed E-state index contributed by atoms with van der Waals surface area (Å²) in [6.45, 7) is 4.93. The van der Waals surface area contributed by atoms with Crippen molar-refractivity contribution in [2.24, 2.45) is 11.5 Å². The molecule has 2 aliphatic heterocycles. The van der Waals surface area contributed by atoms with Gasteiger partial charge in [-0.15, -0.1) is 0 Å². The second kappa shape index (κ2) is 15.0. The topological polar surface area (TPSA) is 92.7 Å². The lowest BCUT2D eigenvalue weighted by atomic mass is 10.1. The first-order chi connectivity index (χ1) is 14.6. The summed E-state index contributed by atoms with van der Waals surface area (Å²) >= 11 is 0. The molecule has 4 rings (SSSR count). The second-order valence-corrected chi connectivity index (χ2v) is 8.24. The van der Waals surface area contributed by atoms with Gasteiger partial charge < -0.3 is 21.3 Å². The van der Waals surface area contributed by atoms with E-state index in [1.54, 1.807) is 0 Å². The third-order valence-corrected chi connectivity index (χ3v) is 5.78. The normalized spacial score (nSPS) is 18.8. The van der Waals surface area contributed by atoms with Crippen LogP contribution in [0.25, 0.3) is 0 Å². The van der Waals surface area contributed by atoms with Crippen LogP contribution in [0.1, 0.15) is 64.7 Å². The maximum Gasteiger partial charge on any atom is 0.222 e. The van der Waals surface area contributed by atoms with Gasteiger partial charge in [0.1, 0.15) is 0 Å². The Morgan fingerprint density at radius 3 is 1.90 bits per heavy atom. The third kappa shape index (κ3) is 9.72. The molecule has 1 aromatic rings. The molecule has 1 saturated carbocycles. The molecule has 3 fully saturated rings. The van der Waals surface area contributed by atoms with E-state index in [1.807, 2.05) is 53.1 Å². The van der Waals surface area contributed by atoms with Crippen molar-refractivity contribution in [2.75, 3.05) is 26.7 Å². The largest absolute Gasteiger partial charge is 0.343 e. The number of hydrogen-bond donors (Lipinski definition) is 2. The van der Waals surface area contributed by atoms with Crippen molar-refractivity contribution in [3.63, 3.8) is 0 Å². The Morgan fingerprint density at radius 2 is 1.50 bits per heavy atom. The smallest absolute Gasteiger partial charge is 0.222 e. The van der Waals surface area contributed by atoms with E-state index in [-0.39, 0.29) is 6.04 Å². The molecule has 2 heterocycles. The van der Waals surface area contributed by atoms with Crippen LogP contribution in [-0.2, 0) is 9.59 Å². The Labute approximate surface area is 183 Å². The van der Waals surface area contributed by atoms with Gasteiger partial charge in [-0.2, -0.15) is 0 Å². The molecule has 1 atom stereocenters. The van der Waals surface area contributed by atoms with E-state index >= 15 is 0 Å². The summed E-state index contributed by atoms with van der Waals surface area (Å²) in [6, 6.07) is 12.2. The minimum Gasteiger partial charge on any atom is -0.343 e. The summed E-state index contributed by atoms with van der Waals surface area (Å²) < 4.78 is 0. The van der Waals surface area contributed by atoms with Crippen molar-refractivity contribution in [1.29, 1.82) is 0 Å². The highest BCUT2D eigenvalue weighted by molar-refractivity contribution is 5.76. The standard InChI is InChI=1S/C10H20N2O.C7H11NO.C6H6.CH5N/c1-9(11)5-4-6-10(13)12-7-2-3-8-12;9-6-8-5-1-2-7(8)3-4-7;1-2-4-6-5-3-1;1-2/h9H,2-8,11H2,1H3;6H,1-5H2;1-6H;2H2,1H3. The molecule has 2 amide bonds. The zero-order valence-corrected chi connectivity index (χ0v) is 19.0. The highest BCUT2D eigenvalue weighted by atomic mass is 16.2. The predicted molar refractivity (Wildman–Crippen MR) is 124 cm³/mol. The molecular weight excluding hydrogens is 376 g/mol. The SMILES string of the molecule is CC(N)CCCC(=O)N1CCCC1.CN.O=CN1CCCC12CC2.c1ccccc1. The minimum atomic E-state index is 0.228. The number of nitrogens with two attached hydrogens (primary N) is 2. The highest BCUT2D eigenvalue weighted by Crippen LogP contribution is 2.48. The molecule has 0 bridgehead atoms. The van der Waals surface area contributed by atoms with Crippen LogP contribution in [0.2, 0.25) is 0 Å². The Hall–Kier alpha value is -1.92. The second-order valence-electron chi connectivity index (χ2n) is 8.24. The maximum absolute atomic E-state index is 11.5. The molecule has 30 heavy (non-hydrogen) atoms. The molecule has 170 valence electrons. The van der Waals surface area contributed by atoms with Crippen LogP contribution in [0.4, 0.5) is 0 Å². The number of likely N-dealkylation sites (tertiary alicyclic amines) is 2. The lowest BCUT2D eigenvalue weighted by Gasteiger charge is -2.17. The minimum absolute atomic E-state index is 0.228. The summed E-state index contributed by atoms with van der Waals surface area (Å²) in [5, 5.41) is 0. The van der Waals surface area contributed by atoms with E-state index in [1.165, 1.54) is 45.6 Å². The molecule has 4 N–H and O–H groups in total. The molecule has 3 aliphatic rings. The quantitative estimate of drug-likeness (QED) is 0.719. The van der Waals surface area contributed by atoms with Crippen molar-refractivity contribution >= 4 is 12.3 Å². The Morgan fingerprint density at radius 1 is 0.967 bits per heavy atom. The monoisotopic (exact) mass is 418 g/mol. The summed E-state index contributed by atoms with van der Waals surface area (Å²) in [6.07, 6.45) is 10.9. The number of amides is 2. The Bertz CT molecular complexity index is 543. The van der Waals surface area contributed by atoms with Crippen LogP contribution in [0.5, 0.6) is 0 Å². The van der Waals surface area contributed by atoms with Gasteiger partial charge in [-0.1, -0.05) is 36.4 Å². The van der Waals surface area contributed by atoms with Crippen molar-refractivity contribution in [1.82, 2.24) is 9.80 Å². The number of hydrogen-bond acceptors (Lipinski definition) is 4. The average molecular weight is 419 g/mol. The molecule has 1 aliphatic carbocycles. The van der Waals surface area contributed by atoms with Gasteiger partial charge in [0.25, 0.3) is 0 Å². The van der Waals surface area contributed by atoms with Gasteiger partial charge in [0.2, 0.25) is 12.3 Å². The summed E-state index contributed by atoms with van der Waals surface area (Å²) in [5.74, 6) is 0.318. The van der Waals surface area contributed by atoms with Crippen LogP contribution in [0, 0.1) is 0 Å². The Balaban J connectivity index is 0.000000229. The molecular formula is C24H42N4O2. The fourth-order valence-corrected chi connectivity index (χ4v) is 3.89. The number of rotatable bonds is 5. The van der Waals surface area contributed by atoms with Crippen LogP contribution < -0.4 is 11.5 Å². The van der Waals surface area contributed by atoms with E-state index in [4.69, 9.17) is 5.73 Å². The van der Waals surface area contributed by atoms with Crippen LogP contribution in [0.15, 0.2) is 36.4 Å².